The Morgan fingerprint density at radius 3 is 2.71 bits per heavy atom. The number of nitrogens with one attached hydrogen (secondary N) is 1. The van der Waals surface area contributed by atoms with E-state index < -0.39 is 0 Å². The highest BCUT2D eigenvalue weighted by molar-refractivity contribution is 5.51. The van der Waals surface area contributed by atoms with Crippen LogP contribution in [0.2, 0.25) is 0 Å². The number of unbranched alkanes of at least 4 members (excludes halogenated alkanes) is 2. The molecule has 0 aromatic heterocycles. The van der Waals surface area contributed by atoms with Gasteiger partial charge in [0, 0.05) is 24.3 Å². The average molecular weight is 331 g/mol. The second-order valence-corrected chi connectivity index (χ2v) is 7.85. The molecule has 4 rings (SSSR count). The van der Waals surface area contributed by atoms with Crippen LogP contribution in [0.5, 0.6) is 5.75 Å². The van der Waals surface area contributed by atoms with Crippen LogP contribution < -0.4 is 15.0 Å². The molecular formula is C21H34N2O. The SMILES string of the molecule is CCCCCC1(C)C[C@H]2CN(c3ccc(OCC)cc3)[C@@H]1CCN2. The lowest BCUT2D eigenvalue weighted by atomic mass is 9.69. The van der Waals surface area contributed by atoms with Gasteiger partial charge in [0.05, 0.1) is 6.61 Å². The summed E-state index contributed by atoms with van der Waals surface area (Å²) in [5.41, 5.74) is 1.79. The largest absolute Gasteiger partial charge is 0.494 e. The molecule has 3 heteroatoms. The number of hydrogen-bond donors (Lipinski definition) is 1. The Morgan fingerprint density at radius 2 is 2.00 bits per heavy atom. The number of rotatable bonds is 7. The second-order valence-electron chi connectivity index (χ2n) is 7.85. The van der Waals surface area contributed by atoms with Gasteiger partial charge in [-0.2, -0.15) is 0 Å². The molecule has 3 aliphatic rings. The van der Waals surface area contributed by atoms with Crippen LogP contribution in [0.1, 0.15) is 59.3 Å². The third kappa shape index (κ3) is 3.72. The molecule has 3 saturated heterocycles. The van der Waals surface area contributed by atoms with Gasteiger partial charge in [-0.05, 0) is 62.4 Å². The van der Waals surface area contributed by atoms with Crippen molar-refractivity contribution in [2.45, 2.75) is 71.4 Å². The van der Waals surface area contributed by atoms with Gasteiger partial charge >= 0.3 is 0 Å². The minimum absolute atomic E-state index is 0.431. The van der Waals surface area contributed by atoms with Gasteiger partial charge in [0.1, 0.15) is 5.75 Å². The summed E-state index contributed by atoms with van der Waals surface area (Å²) in [7, 11) is 0. The Morgan fingerprint density at radius 1 is 1.21 bits per heavy atom. The van der Waals surface area contributed by atoms with Crippen molar-refractivity contribution < 1.29 is 4.74 Å². The number of benzene rings is 1. The van der Waals surface area contributed by atoms with E-state index in [0.717, 1.165) is 25.4 Å². The zero-order valence-electron chi connectivity index (χ0n) is 15.7. The van der Waals surface area contributed by atoms with E-state index in [2.05, 4.69) is 48.3 Å². The molecule has 1 aromatic carbocycles. The minimum Gasteiger partial charge on any atom is -0.494 e. The first kappa shape index (κ1) is 17.6. The molecule has 3 fully saturated rings. The fourth-order valence-corrected chi connectivity index (χ4v) is 4.80. The van der Waals surface area contributed by atoms with Crippen molar-refractivity contribution in [1.29, 1.82) is 0 Å². The highest BCUT2D eigenvalue weighted by atomic mass is 16.5. The predicted molar refractivity (Wildman–Crippen MR) is 102 cm³/mol. The Balaban J connectivity index is 1.79. The first-order chi connectivity index (χ1) is 11.7. The van der Waals surface area contributed by atoms with Crippen LogP contribution in [0.25, 0.3) is 0 Å². The zero-order valence-corrected chi connectivity index (χ0v) is 15.7. The van der Waals surface area contributed by atoms with Crippen LogP contribution in [0.15, 0.2) is 24.3 Å². The summed E-state index contributed by atoms with van der Waals surface area (Å²) in [4.78, 5) is 2.68. The third-order valence-electron chi connectivity index (χ3n) is 5.99. The molecule has 3 atom stereocenters. The highest BCUT2D eigenvalue weighted by Gasteiger charge is 2.45. The normalized spacial score (nSPS) is 29.5. The topological polar surface area (TPSA) is 24.5 Å². The van der Waals surface area contributed by atoms with E-state index in [0.29, 0.717) is 17.5 Å². The molecule has 2 bridgehead atoms. The van der Waals surface area contributed by atoms with Crippen molar-refractivity contribution in [3.8, 4) is 5.75 Å². The number of hydrogen-bond acceptors (Lipinski definition) is 3. The van der Waals surface area contributed by atoms with Gasteiger partial charge in [0.2, 0.25) is 0 Å². The van der Waals surface area contributed by atoms with E-state index in [1.54, 1.807) is 0 Å². The first-order valence-corrected chi connectivity index (χ1v) is 9.89. The highest BCUT2D eigenvalue weighted by Crippen LogP contribution is 2.45. The standard InChI is InChI=1S/C21H34N2O/c1-4-6-7-13-21(3)15-17-16-23(20(21)12-14-22-17)18-8-10-19(11-9-18)24-5-2/h8-11,17,20,22H,4-7,12-16H2,1-3H3/t17-,20+,21?/m0/s1. The van der Waals surface area contributed by atoms with Crippen LogP contribution in [-0.4, -0.2) is 31.8 Å². The van der Waals surface area contributed by atoms with Crippen LogP contribution in [-0.2, 0) is 0 Å². The van der Waals surface area contributed by atoms with E-state index in [-0.39, 0.29) is 0 Å². The van der Waals surface area contributed by atoms with E-state index >= 15 is 0 Å². The monoisotopic (exact) mass is 330 g/mol. The quantitative estimate of drug-likeness (QED) is 0.739. The zero-order chi connectivity index (χ0) is 17.0. The van der Waals surface area contributed by atoms with Crippen molar-refractivity contribution in [2.24, 2.45) is 5.41 Å². The van der Waals surface area contributed by atoms with Crippen LogP contribution in [0.4, 0.5) is 5.69 Å². The molecule has 0 aliphatic carbocycles. The summed E-state index contributed by atoms with van der Waals surface area (Å²) in [5.74, 6) is 0.977. The van der Waals surface area contributed by atoms with Crippen molar-refractivity contribution >= 4 is 5.69 Å². The number of piperidine rings is 1. The maximum atomic E-state index is 5.61. The van der Waals surface area contributed by atoms with Crippen LogP contribution in [0.3, 0.4) is 0 Å². The molecular weight excluding hydrogens is 296 g/mol. The first-order valence-electron chi connectivity index (χ1n) is 9.89. The van der Waals surface area contributed by atoms with Crippen LogP contribution >= 0.6 is 0 Å². The van der Waals surface area contributed by atoms with E-state index in [1.807, 2.05) is 6.92 Å². The molecule has 0 saturated carbocycles. The maximum absolute atomic E-state index is 5.61. The molecule has 1 unspecified atom stereocenters. The van der Waals surface area contributed by atoms with Crippen molar-refractivity contribution in [1.82, 2.24) is 5.32 Å². The number of fused-ring (bicyclic) bond motifs is 4. The number of ether oxygens (including phenoxy) is 1. The van der Waals surface area contributed by atoms with E-state index in [1.165, 1.54) is 44.2 Å². The summed E-state index contributed by atoms with van der Waals surface area (Å²) < 4.78 is 5.61. The minimum atomic E-state index is 0.431. The summed E-state index contributed by atoms with van der Waals surface area (Å²) in [6.07, 6.45) is 7.99. The number of anilines is 1. The van der Waals surface area contributed by atoms with Crippen molar-refractivity contribution in [3.05, 3.63) is 24.3 Å². The van der Waals surface area contributed by atoms with Crippen molar-refractivity contribution in [3.63, 3.8) is 0 Å². The predicted octanol–water partition coefficient (Wildman–Crippen LogP) is 4.61. The Bertz CT molecular complexity index is 515. The molecule has 24 heavy (non-hydrogen) atoms. The smallest absolute Gasteiger partial charge is 0.119 e. The van der Waals surface area contributed by atoms with Gasteiger partial charge in [-0.25, -0.2) is 0 Å². The van der Waals surface area contributed by atoms with Crippen LogP contribution in [0, 0.1) is 5.41 Å². The Labute approximate surface area is 147 Å². The van der Waals surface area contributed by atoms with Gasteiger partial charge in [0.25, 0.3) is 0 Å². The molecule has 134 valence electrons. The lowest BCUT2D eigenvalue weighted by molar-refractivity contribution is 0.159. The van der Waals surface area contributed by atoms with Gasteiger partial charge in [-0.3, -0.25) is 0 Å². The third-order valence-corrected chi connectivity index (χ3v) is 5.99. The second kappa shape index (κ2) is 7.77. The fourth-order valence-electron chi connectivity index (χ4n) is 4.80. The summed E-state index contributed by atoms with van der Waals surface area (Å²) in [6, 6.07) is 10.0. The maximum Gasteiger partial charge on any atom is 0.119 e. The molecule has 3 heterocycles. The summed E-state index contributed by atoms with van der Waals surface area (Å²) in [5, 5.41) is 3.78. The molecule has 3 aliphatic heterocycles. The Hall–Kier alpha value is -1.22. The molecule has 0 radical (unpaired) electrons. The molecule has 0 spiro atoms. The lowest BCUT2D eigenvalue weighted by Gasteiger charge is -2.50. The lowest BCUT2D eigenvalue weighted by Crippen LogP contribution is -2.55. The van der Waals surface area contributed by atoms with E-state index in [4.69, 9.17) is 4.74 Å². The fraction of sp³-hybridized carbons (Fsp3) is 0.714. The number of nitrogens with zero attached hydrogens (tertiary/aromatic N) is 1. The average Bonchev–Trinajstić information content (AvgIpc) is 2.87. The molecule has 0 amide bonds. The summed E-state index contributed by atoms with van der Waals surface area (Å²) in [6.45, 7) is 9.90. The van der Waals surface area contributed by atoms with Gasteiger partial charge < -0.3 is 15.0 Å². The molecule has 1 aromatic rings. The van der Waals surface area contributed by atoms with Gasteiger partial charge in [0.15, 0.2) is 0 Å². The summed E-state index contributed by atoms with van der Waals surface area (Å²) >= 11 is 0. The van der Waals surface area contributed by atoms with Gasteiger partial charge in [-0.1, -0.05) is 33.1 Å². The molecule has 1 N–H and O–H groups in total. The van der Waals surface area contributed by atoms with Gasteiger partial charge in [-0.15, -0.1) is 0 Å². The van der Waals surface area contributed by atoms with E-state index in [9.17, 15) is 0 Å². The molecule has 3 nitrogen and oxygen atoms in total. The van der Waals surface area contributed by atoms with Crippen molar-refractivity contribution in [2.75, 3.05) is 24.6 Å². The Kier molecular flexibility index (Phi) is 5.70.